The van der Waals surface area contributed by atoms with Crippen LogP contribution in [0.25, 0.3) is 0 Å². The van der Waals surface area contributed by atoms with Crippen LogP contribution in [0.2, 0.25) is 0 Å². The second kappa shape index (κ2) is 10.0. The Morgan fingerprint density at radius 2 is 1.77 bits per heavy atom. The predicted octanol–water partition coefficient (Wildman–Crippen LogP) is 1.43. The highest BCUT2D eigenvalue weighted by molar-refractivity contribution is 6.07. The third-order valence-corrected chi connectivity index (χ3v) is 6.89. The number of nitrogens with zero attached hydrogens (tertiary/aromatic N) is 2. The Labute approximate surface area is 203 Å². The molecule has 35 heavy (non-hydrogen) atoms. The van der Waals surface area contributed by atoms with Gasteiger partial charge < -0.3 is 21.3 Å². The van der Waals surface area contributed by atoms with Gasteiger partial charge in [0.1, 0.15) is 11.8 Å². The van der Waals surface area contributed by atoms with Gasteiger partial charge in [0.2, 0.25) is 23.4 Å². The van der Waals surface area contributed by atoms with E-state index in [9.17, 15) is 24.3 Å². The van der Waals surface area contributed by atoms with Crippen LogP contribution in [0.5, 0.6) is 0 Å². The van der Waals surface area contributed by atoms with Crippen LogP contribution in [0.1, 0.15) is 51.2 Å². The fraction of sp³-hybridized carbons (Fsp3) is 0.542. The average molecular weight is 488 g/mol. The molecule has 190 valence electrons. The maximum absolute atomic E-state index is 13.8. The molecule has 1 aromatic rings. The highest BCUT2D eigenvalue weighted by Crippen LogP contribution is 2.56. The molecular weight excluding hydrogens is 454 g/mol. The Bertz CT molecular complexity index is 1030. The number of nitrogen functional groups attached to an aromatic ring is 1. The standard InChI is InChI=1S/C24H33N5O6/c1-4-5-11-28-21(31)17-18(22(28)32)24(35-23(33)34,15-8-6-14(7-9-15)20(26)27)29(12-10-16(25)30)19(17)13(2)3/h6-9,13,17-19H,4-5,10-12H2,1-3H3,(H2,25,30)(H3,26,27)(H,33,34). The van der Waals surface area contributed by atoms with E-state index in [0.717, 1.165) is 6.42 Å². The Hall–Kier alpha value is -3.47. The third-order valence-electron chi connectivity index (χ3n) is 6.89. The summed E-state index contributed by atoms with van der Waals surface area (Å²) in [6.45, 7) is 5.92. The molecule has 2 fully saturated rings. The molecule has 0 aliphatic carbocycles. The number of ether oxygens (including phenoxy) is 1. The summed E-state index contributed by atoms with van der Waals surface area (Å²) >= 11 is 0. The molecule has 3 rings (SSSR count). The number of imide groups is 1. The van der Waals surface area contributed by atoms with E-state index >= 15 is 0 Å². The van der Waals surface area contributed by atoms with Gasteiger partial charge in [0, 0.05) is 36.7 Å². The molecule has 0 radical (unpaired) electrons. The Morgan fingerprint density at radius 1 is 1.14 bits per heavy atom. The van der Waals surface area contributed by atoms with Crippen molar-refractivity contribution in [3.8, 4) is 0 Å². The molecule has 2 aliphatic rings. The molecule has 0 bridgehead atoms. The first-order valence-corrected chi connectivity index (χ1v) is 11.7. The normalized spacial score (nSPS) is 26.3. The van der Waals surface area contributed by atoms with Gasteiger partial charge in [-0.1, -0.05) is 51.5 Å². The zero-order valence-corrected chi connectivity index (χ0v) is 20.2. The first-order chi connectivity index (χ1) is 16.5. The average Bonchev–Trinajstić information content (AvgIpc) is 3.20. The van der Waals surface area contributed by atoms with Crippen LogP contribution in [-0.4, -0.2) is 63.8 Å². The minimum atomic E-state index is -1.87. The molecule has 2 heterocycles. The van der Waals surface area contributed by atoms with Crippen LogP contribution >= 0.6 is 0 Å². The number of amides is 3. The number of hydrogen-bond acceptors (Lipinski definition) is 7. The number of rotatable bonds is 10. The molecule has 11 heteroatoms. The van der Waals surface area contributed by atoms with Gasteiger partial charge in [-0.15, -0.1) is 0 Å². The summed E-state index contributed by atoms with van der Waals surface area (Å²) in [7, 11) is 0. The van der Waals surface area contributed by atoms with Crippen LogP contribution in [0.15, 0.2) is 24.3 Å². The van der Waals surface area contributed by atoms with Crippen molar-refractivity contribution in [1.82, 2.24) is 9.80 Å². The van der Waals surface area contributed by atoms with Gasteiger partial charge in [-0.25, -0.2) is 4.79 Å². The Balaban J connectivity index is 2.28. The minimum Gasteiger partial charge on any atom is -0.450 e. The molecule has 0 aromatic heterocycles. The SMILES string of the molecule is CCCCN1C(=O)C2C(C(C)C)N(CCC(N)=O)C(OC(=O)O)(c3ccc(C(=N)N)cc3)C2C1=O. The third kappa shape index (κ3) is 4.47. The fourth-order valence-corrected chi connectivity index (χ4v) is 5.51. The molecule has 1 aromatic carbocycles. The summed E-state index contributed by atoms with van der Waals surface area (Å²) < 4.78 is 5.60. The zero-order valence-electron chi connectivity index (χ0n) is 20.2. The molecular formula is C24H33N5O6. The van der Waals surface area contributed by atoms with Crippen molar-refractivity contribution in [2.24, 2.45) is 29.2 Å². The first-order valence-electron chi connectivity index (χ1n) is 11.7. The Kier molecular flexibility index (Phi) is 7.49. The van der Waals surface area contributed by atoms with Crippen LogP contribution < -0.4 is 11.5 Å². The van der Waals surface area contributed by atoms with Crippen LogP contribution in [0.4, 0.5) is 4.79 Å². The summed E-state index contributed by atoms with van der Waals surface area (Å²) in [4.78, 5) is 54.0. The molecule has 4 unspecified atom stereocenters. The number of carboxylic acid groups (broad SMARTS) is 1. The lowest BCUT2D eigenvalue weighted by Gasteiger charge is -2.43. The number of carbonyl (C=O) groups is 4. The van der Waals surface area contributed by atoms with E-state index in [1.54, 1.807) is 17.0 Å². The van der Waals surface area contributed by atoms with Gasteiger partial charge in [-0.2, -0.15) is 0 Å². The number of unbranched alkanes of at least 4 members (excludes halogenated alkanes) is 1. The number of benzene rings is 1. The van der Waals surface area contributed by atoms with Crippen molar-refractivity contribution in [1.29, 1.82) is 5.41 Å². The van der Waals surface area contributed by atoms with Gasteiger partial charge >= 0.3 is 6.16 Å². The molecule has 0 saturated carbocycles. The minimum absolute atomic E-state index is 0.0115. The number of fused-ring (bicyclic) bond motifs is 1. The number of carbonyl (C=O) groups excluding carboxylic acids is 3. The van der Waals surface area contributed by atoms with Crippen LogP contribution in [-0.2, 0) is 24.8 Å². The topological polar surface area (TPSA) is 180 Å². The van der Waals surface area contributed by atoms with Crippen molar-refractivity contribution < 1.29 is 29.0 Å². The van der Waals surface area contributed by atoms with E-state index in [4.69, 9.17) is 21.6 Å². The van der Waals surface area contributed by atoms with Gasteiger partial charge in [0.15, 0.2) is 0 Å². The van der Waals surface area contributed by atoms with E-state index in [1.807, 2.05) is 20.8 Å². The van der Waals surface area contributed by atoms with Crippen LogP contribution in [0.3, 0.4) is 0 Å². The predicted molar refractivity (Wildman–Crippen MR) is 126 cm³/mol. The lowest BCUT2D eigenvalue weighted by atomic mass is 9.81. The number of nitrogens with one attached hydrogen (secondary N) is 1. The summed E-state index contributed by atoms with van der Waals surface area (Å²) in [5.41, 5.74) is 9.84. The molecule has 2 aliphatic heterocycles. The lowest BCUT2D eigenvalue weighted by Crippen LogP contribution is -2.55. The molecule has 6 N–H and O–H groups in total. The van der Waals surface area contributed by atoms with E-state index in [-0.39, 0.29) is 37.2 Å². The maximum Gasteiger partial charge on any atom is 0.507 e. The number of primary amides is 1. The van der Waals surface area contributed by atoms with Crippen molar-refractivity contribution in [2.45, 2.75) is 51.8 Å². The summed E-state index contributed by atoms with van der Waals surface area (Å²) in [5.74, 6) is -3.86. The number of nitrogens with two attached hydrogens (primary N) is 2. The largest absolute Gasteiger partial charge is 0.507 e. The van der Waals surface area contributed by atoms with E-state index < -0.39 is 41.6 Å². The molecule has 3 amide bonds. The second-order valence-electron chi connectivity index (χ2n) is 9.38. The summed E-state index contributed by atoms with van der Waals surface area (Å²) in [6, 6.07) is 5.57. The van der Waals surface area contributed by atoms with Gasteiger partial charge in [-0.3, -0.25) is 29.6 Å². The van der Waals surface area contributed by atoms with Crippen LogP contribution in [0, 0.1) is 23.2 Å². The number of likely N-dealkylation sites (tertiary alicyclic amines) is 2. The van der Waals surface area contributed by atoms with Gasteiger partial charge in [0.25, 0.3) is 0 Å². The number of hydrogen-bond donors (Lipinski definition) is 4. The van der Waals surface area contributed by atoms with Crippen molar-refractivity contribution in [3.63, 3.8) is 0 Å². The fourth-order valence-electron chi connectivity index (χ4n) is 5.51. The van der Waals surface area contributed by atoms with E-state index in [1.165, 1.54) is 17.0 Å². The smallest absolute Gasteiger partial charge is 0.450 e. The molecule has 0 spiro atoms. The lowest BCUT2D eigenvalue weighted by molar-refractivity contribution is -0.167. The first kappa shape index (κ1) is 26.1. The zero-order chi connectivity index (χ0) is 26.1. The maximum atomic E-state index is 13.8. The van der Waals surface area contributed by atoms with Gasteiger partial charge in [-0.05, 0) is 12.3 Å². The van der Waals surface area contributed by atoms with Crippen molar-refractivity contribution in [2.75, 3.05) is 13.1 Å². The second-order valence-corrected chi connectivity index (χ2v) is 9.38. The highest BCUT2D eigenvalue weighted by atomic mass is 16.7. The summed E-state index contributed by atoms with van der Waals surface area (Å²) in [5, 5.41) is 17.5. The van der Waals surface area contributed by atoms with Crippen molar-refractivity contribution >= 4 is 29.7 Å². The van der Waals surface area contributed by atoms with Crippen molar-refractivity contribution in [3.05, 3.63) is 35.4 Å². The monoisotopic (exact) mass is 487 g/mol. The Morgan fingerprint density at radius 3 is 2.26 bits per heavy atom. The highest BCUT2D eigenvalue weighted by Gasteiger charge is 2.71. The quantitative estimate of drug-likeness (QED) is 0.165. The number of amidine groups is 1. The van der Waals surface area contributed by atoms with E-state index in [2.05, 4.69) is 0 Å². The molecule has 4 atom stereocenters. The summed E-state index contributed by atoms with van der Waals surface area (Å²) in [6.07, 6.45) is -0.357. The van der Waals surface area contributed by atoms with E-state index in [0.29, 0.717) is 17.5 Å². The molecule has 2 saturated heterocycles. The van der Waals surface area contributed by atoms with Gasteiger partial charge in [0.05, 0.1) is 5.92 Å². The molecule has 11 nitrogen and oxygen atoms in total.